The van der Waals surface area contributed by atoms with Crippen molar-refractivity contribution in [2.45, 2.75) is 51.5 Å². The van der Waals surface area contributed by atoms with Gasteiger partial charge in [-0.25, -0.2) is 0 Å². The number of thiophene rings is 1. The van der Waals surface area contributed by atoms with Gasteiger partial charge in [-0.3, -0.25) is 4.79 Å². The zero-order chi connectivity index (χ0) is 14.2. The highest BCUT2D eigenvalue weighted by atomic mass is 32.1. The quantitative estimate of drug-likeness (QED) is 0.525. The van der Waals surface area contributed by atoms with Crippen molar-refractivity contribution in [2.24, 2.45) is 0 Å². The van der Waals surface area contributed by atoms with Crippen LogP contribution in [0, 0.1) is 0 Å². The Kier molecular flexibility index (Phi) is 6.67. The Hall–Kier alpha value is -0.740. The fourth-order valence-electron chi connectivity index (χ4n) is 2.46. The summed E-state index contributed by atoms with van der Waals surface area (Å²) in [5.41, 5.74) is 0.164. The van der Waals surface area contributed by atoms with E-state index in [0.29, 0.717) is 0 Å². The second-order valence-corrected chi connectivity index (χ2v) is 6.61. The summed E-state index contributed by atoms with van der Waals surface area (Å²) in [7, 11) is 0. The summed E-state index contributed by atoms with van der Waals surface area (Å²) >= 11 is 5.85. The smallest absolute Gasteiger partial charge is 0.259 e. The fraction of sp³-hybridized carbons (Fsp3) is 0.562. The number of thiol groups is 1. The minimum Gasteiger partial charge on any atom is -0.315 e. The van der Waals surface area contributed by atoms with E-state index < -0.39 is 0 Å². The predicted octanol–water partition coefficient (Wildman–Crippen LogP) is 4.72. The van der Waals surface area contributed by atoms with Crippen LogP contribution in [0.5, 0.6) is 0 Å². The van der Waals surface area contributed by atoms with Crippen molar-refractivity contribution in [3.05, 3.63) is 34.1 Å². The van der Waals surface area contributed by atoms with Gasteiger partial charge in [0.15, 0.2) is 0 Å². The lowest BCUT2D eigenvalue weighted by atomic mass is 10.1. The molecule has 2 aromatic rings. The first-order valence-electron chi connectivity index (χ1n) is 7.50. The minimum atomic E-state index is 0.164. The van der Waals surface area contributed by atoms with E-state index in [1.807, 2.05) is 22.2 Å². The lowest BCUT2D eigenvalue weighted by Gasteiger charge is -2.06. The molecule has 0 aliphatic carbocycles. The molecule has 0 saturated heterocycles. The lowest BCUT2D eigenvalue weighted by molar-refractivity contribution is 0.545. The first-order chi connectivity index (χ1) is 9.83. The van der Waals surface area contributed by atoms with Gasteiger partial charge in [-0.2, -0.15) is 12.6 Å². The third-order valence-electron chi connectivity index (χ3n) is 3.65. The molecular formula is C16H23NOS2. The highest BCUT2D eigenvalue weighted by Crippen LogP contribution is 2.16. The molecule has 20 heavy (non-hydrogen) atoms. The Morgan fingerprint density at radius 1 is 1.00 bits per heavy atom. The van der Waals surface area contributed by atoms with Crippen molar-refractivity contribution < 1.29 is 0 Å². The number of aryl methyl sites for hydroxylation is 1. The van der Waals surface area contributed by atoms with Gasteiger partial charge in [-0.1, -0.05) is 32.1 Å². The standard InChI is InChI=1S/C16H23NOS2/c18-16-14-9-13-20-15(14)8-11-17(16)10-6-4-2-1-3-5-7-12-19/h8-9,11,13,19H,1-7,10,12H2. The number of unbranched alkanes of at least 4 members (excludes halogenated alkanes) is 6. The molecule has 4 heteroatoms. The van der Waals surface area contributed by atoms with Crippen LogP contribution >= 0.6 is 24.0 Å². The molecule has 2 nitrogen and oxygen atoms in total. The number of pyridine rings is 1. The maximum Gasteiger partial charge on any atom is 0.259 e. The van der Waals surface area contributed by atoms with Gasteiger partial charge < -0.3 is 4.57 Å². The highest BCUT2D eigenvalue weighted by Gasteiger charge is 2.03. The predicted molar refractivity (Wildman–Crippen MR) is 92.3 cm³/mol. The summed E-state index contributed by atoms with van der Waals surface area (Å²) in [5.74, 6) is 1.01. The number of fused-ring (bicyclic) bond motifs is 1. The van der Waals surface area contributed by atoms with Crippen molar-refractivity contribution >= 4 is 34.1 Å². The molecule has 0 aliphatic heterocycles. The van der Waals surface area contributed by atoms with E-state index in [0.717, 1.165) is 28.8 Å². The number of aromatic nitrogens is 1. The molecule has 0 saturated carbocycles. The van der Waals surface area contributed by atoms with Crippen LogP contribution in [0.3, 0.4) is 0 Å². The zero-order valence-electron chi connectivity index (χ0n) is 11.9. The van der Waals surface area contributed by atoms with Gasteiger partial charge in [-0.15, -0.1) is 11.3 Å². The molecule has 0 bridgehead atoms. The van der Waals surface area contributed by atoms with E-state index in [4.69, 9.17) is 0 Å². The summed E-state index contributed by atoms with van der Waals surface area (Å²) in [6.45, 7) is 0.848. The average Bonchev–Trinajstić information content (AvgIpc) is 2.93. The largest absolute Gasteiger partial charge is 0.315 e. The Morgan fingerprint density at radius 3 is 2.45 bits per heavy atom. The van der Waals surface area contributed by atoms with Gasteiger partial charge in [0.25, 0.3) is 5.56 Å². The third kappa shape index (κ3) is 4.38. The summed E-state index contributed by atoms with van der Waals surface area (Å²) in [6.07, 6.45) is 10.7. The van der Waals surface area contributed by atoms with Gasteiger partial charge in [0.2, 0.25) is 0 Å². The van der Waals surface area contributed by atoms with Crippen LogP contribution in [0.4, 0.5) is 0 Å². The van der Waals surface area contributed by atoms with Crippen LogP contribution in [0.2, 0.25) is 0 Å². The maximum atomic E-state index is 12.2. The van der Waals surface area contributed by atoms with E-state index in [2.05, 4.69) is 18.7 Å². The van der Waals surface area contributed by atoms with Gasteiger partial charge in [0, 0.05) is 17.4 Å². The van der Waals surface area contributed by atoms with Gasteiger partial charge >= 0.3 is 0 Å². The molecule has 0 atom stereocenters. The monoisotopic (exact) mass is 309 g/mol. The van der Waals surface area contributed by atoms with E-state index in [9.17, 15) is 4.79 Å². The van der Waals surface area contributed by atoms with Gasteiger partial charge in [-0.05, 0) is 36.1 Å². The van der Waals surface area contributed by atoms with E-state index in [1.54, 1.807) is 11.3 Å². The maximum absolute atomic E-state index is 12.2. The molecule has 0 spiro atoms. The summed E-state index contributed by atoms with van der Waals surface area (Å²) in [5, 5.41) is 2.85. The first kappa shape index (κ1) is 15.6. The molecule has 0 amide bonds. The van der Waals surface area contributed by atoms with Crippen molar-refractivity contribution in [1.82, 2.24) is 4.57 Å². The van der Waals surface area contributed by atoms with Crippen molar-refractivity contribution in [2.75, 3.05) is 5.75 Å². The SMILES string of the molecule is O=c1c2ccsc2ccn1CCCCCCCCCS. The van der Waals surface area contributed by atoms with Crippen LogP contribution in [-0.4, -0.2) is 10.3 Å². The van der Waals surface area contributed by atoms with Crippen molar-refractivity contribution in [3.8, 4) is 0 Å². The zero-order valence-corrected chi connectivity index (χ0v) is 13.6. The van der Waals surface area contributed by atoms with E-state index in [1.165, 1.54) is 38.5 Å². The Labute approximate surface area is 130 Å². The number of nitrogens with zero attached hydrogens (tertiary/aromatic N) is 1. The summed E-state index contributed by atoms with van der Waals surface area (Å²) < 4.78 is 2.95. The van der Waals surface area contributed by atoms with Crippen LogP contribution in [0.1, 0.15) is 44.9 Å². The number of hydrogen-bond donors (Lipinski definition) is 1. The van der Waals surface area contributed by atoms with Crippen LogP contribution in [0.25, 0.3) is 10.1 Å². The second kappa shape index (κ2) is 8.53. The van der Waals surface area contributed by atoms with E-state index in [-0.39, 0.29) is 5.56 Å². The van der Waals surface area contributed by atoms with Gasteiger partial charge in [0.05, 0.1) is 5.39 Å². The molecule has 110 valence electrons. The Bertz CT molecular complexity index is 573. The normalized spacial score (nSPS) is 11.2. The first-order valence-corrected chi connectivity index (χ1v) is 9.01. The Balaban J connectivity index is 1.71. The highest BCUT2D eigenvalue weighted by molar-refractivity contribution is 7.80. The second-order valence-electron chi connectivity index (χ2n) is 5.21. The molecule has 2 heterocycles. The molecule has 0 N–H and O–H groups in total. The van der Waals surface area contributed by atoms with Crippen LogP contribution in [0.15, 0.2) is 28.5 Å². The minimum absolute atomic E-state index is 0.164. The fourth-order valence-corrected chi connectivity index (χ4v) is 3.46. The molecular weight excluding hydrogens is 286 g/mol. The molecule has 2 rings (SSSR count). The number of rotatable bonds is 9. The van der Waals surface area contributed by atoms with Crippen LogP contribution in [-0.2, 0) is 6.54 Å². The van der Waals surface area contributed by atoms with Crippen molar-refractivity contribution in [1.29, 1.82) is 0 Å². The van der Waals surface area contributed by atoms with Crippen molar-refractivity contribution in [3.63, 3.8) is 0 Å². The van der Waals surface area contributed by atoms with Gasteiger partial charge in [0.1, 0.15) is 0 Å². The Morgan fingerprint density at radius 2 is 1.70 bits per heavy atom. The summed E-state index contributed by atoms with van der Waals surface area (Å²) in [6, 6.07) is 3.99. The topological polar surface area (TPSA) is 22.0 Å². The molecule has 0 aliphatic rings. The molecule has 0 unspecified atom stereocenters. The lowest BCUT2D eigenvalue weighted by Crippen LogP contribution is -2.18. The molecule has 0 aromatic carbocycles. The third-order valence-corrected chi connectivity index (χ3v) is 4.85. The average molecular weight is 310 g/mol. The molecule has 0 radical (unpaired) electrons. The van der Waals surface area contributed by atoms with Crippen LogP contribution < -0.4 is 5.56 Å². The van der Waals surface area contributed by atoms with E-state index >= 15 is 0 Å². The number of hydrogen-bond acceptors (Lipinski definition) is 3. The molecule has 2 aromatic heterocycles. The molecule has 0 fully saturated rings. The summed E-state index contributed by atoms with van der Waals surface area (Å²) in [4.78, 5) is 12.2.